The summed E-state index contributed by atoms with van der Waals surface area (Å²) in [5.74, 6) is 0. The van der Waals surface area contributed by atoms with Crippen molar-refractivity contribution >= 4 is 17.1 Å². The fourth-order valence-electron chi connectivity index (χ4n) is 12.5. The average molecular weight is 786 g/mol. The van der Waals surface area contributed by atoms with Crippen LogP contribution in [0.2, 0.25) is 0 Å². The van der Waals surface area contributed by atoms with Crippen LogP contribution in [0.3, 0.4) is 0 Å². The fourth-order valence-corrected chi connectivity index (χ4v) is 12.5. The molecule has 1 spiro atoms. The molecule has 0 N–H and O–H groups in total. The van der Waals surface area contributed by atoms with E-state index in [-0.39, 0.29) is 16.2 Å². The first-order valence-electron chi connectivity index (χ1n) is 22.5. The van der Waals surface area contributed by atoms with Crippen LogP contribution in [-0.4, -0.2) is 0 Å². The van der Waals surface area contributed by atoms with E-state index in [4.69, 9.17) is 0 Å². The van der Waals surface area contributed by atoms with E-state index in [1.54, 1.807) is 0 Å². The van der Waals surface area contributed by atoms with Gasteiger partial charge in [0, 0.05) is 27.6 Å². The fraction of sp³-hybridized carbons (Fsp3) is 0.200. The molecule has 1 saturated carbocycles. The molecule has 12 rings (SSSR count). The summed E-state index contributed by atoms with van der Waals surface area (Å²) in [7, 11) is 0. The molecule has 0 heterocycles. The maximum absolute atomic E-state index is 2.58. The number of nitrogens with zero attached hydrogens (tertiary/aromatic N) is 1. The molecule has 8 aromatic rings. The summed E-state index contributed by atoms with van der Waals surface area (Å²) < 4.78 is 0. The molecule has 0 radical (unpaired) electrons. The van der Waals surface area contributed by atoms with E-state index < -0.39 is 0 Å². The first-order valence-corrected chi connectivity index (χ1v) is 22.5. The van der Waals surface area contributed by atoms with E-state index in [2.05, 4.69) is 209 Å². The Labute approximate surface area is 361 Å². The molecule has 296 valence electrons. The SMILES string of the molecule is CC1(C)c2ccccc2-c2cccc(-c3ccccc3-c3ccc(N(c4ccc5c(c4)C4(CCCCC4)c4ccccc4-5)c4cccc5c4C(C)(C)c4ccccc4-5)cc3)c21. The molecule has 1 nitrogen and oxygen atoms in total. The van der Waals surface area contributed by atoms with Crippen molar-refractivity contribution in [2.45, 2.75) is 76.0 Å². The Morgan fingerprint density at radius 2 is 0.803 bits per heavy atom. The van der Waals surface area contributed by atoms with E-state index in [0.717, 1.165) is 0 Å². The van der Waals surface area contributed by atoms with E-state index in [0.29, 0.717) is 0 Å². The molecule has 0 aromatic heterocycles. The number of anilines is 3. The predicted molar refractivity (Wildman–Crippen MR) is 256 cm³/mol. The van der Waals surface area contributed by atoms with Crippen molar-refractivity contribution in [3.8, 4) is 55.6 Å². The number of fused-ring (bicyclic) bond motifs is 11. The Balaban J connectivity index is 1.02. The standard InChI is InChI=1S/C60H51N/c1-58(2)51-26-11-8-21-45(51)49-24-16-23-48(56(49)58)43-19-7-6-18-42(43)39-30-32-40(33-31-39)61(55-29-17-25-50-46-22-9-12-27-52(46)59(3,4)57(50)55)41-34-35-47-44-20-10-13-28-53(44)60(54(47)38-41)36-14-5-15-37-60/h6-13,16-35,38H,5,14-15,36-37H2,1-4H3. The van der Waals surface area contributed by atoms with Crippen molar-refractivity contribution in [2.75, 3.05) is 4.90 Å². The van der Waals surface area contributed by atoms with Gasteiger partial charge in [0.2, 0.25) is 0 Å². The zero-order valence-corrected chi connectivity index (χ0v) is 35.7. The van der Waals surface area contributed by atoms with Crippen LogP contribution < -0.4 is 4.90 Å². The summed E-state index contributed by atoms with van der Waals surface area (Å²) in [6, 6.07) is 67.0. The van der Waals surface area contributed by atoms with Gasteiger partial charge in [-0.1, -0.05) is 193 Å². The van der Waals surface area contributed by atoms with Gasteiger partial charge >= 0.3 is 0 Å². The minimum atomic E-state index is -0.166. The molecule has 8 aromatic carbocycles. The lowest BCUT2D eigenvalue weighted by Crippen LogP contribution is -2.28. The monoisotopic (exact) mass is 785 g/mol. The molecule has 0 saturated heterocycles. The Morgan fingerprint density at radius 1 is 0.344 bits per heavy atom. The highest BCUT2D eigenvalue weighted by atomic mass is 15.1. The number of hydrogen-bond donors (Lipinski definition) is 0. The van der Waals surface area contributed by atoms with Gasteiger partial charge in [-0.3, -0.25) is 0 Å². The molecule has 0 bridgehead atoms. The highest BCUT2D eigenvalue weighted by molar-refractivity contribution is 5.95. The van der Waals surface area contributed by atoms with Gasteiger partial charge in [-0.25, -0.2) is 0 Å². The van der Waals surface area contributed by atoms with Crippen LogP contribution in [0.15, 0.2) is 176 Å². The summed E-state index contributed by atoms with van der Waals surface area (Å²) in [5, 5.41) is 0. The van der Waals surface area contributed by atoms with Crippen LogP contribution in [0, 0.1) is 0 Å². The molecule has 0 atom stereocenters. The van der Waals surface area contributed by atoms with E-state index in [1.165, 1.54) is 138 Å². The highest BCUT2D eigenvalue weighted by Gasteiger charge is 2.45. The second-order valence-electron chi connectivity index (χ2n) is 19.1. The summed E-state index contributed by atoms with van der Waals surface area (Å²) in [6.07, 6.45) is 6.31. The molecule has 0 aliphatic heterocycles. The largest absolute Gasteiger partial charge is 0.310 e. The molecular formula is C60H51N. The van der Waals surface area contributed by atoms with E-state index in [9.17, 15) is 0 Å². The minimum absolute atomic E-state index is 0.0706. The zero-order chi connectivity index (χ0) is 41.1. The molecule has 0 unspecified atom stereocenters. The van der Waals surface area contributed by atoms with Gasteiger partial charge < -0.3 is 4.90 Å². The molecule has 0 amide bonds. The second kappa shape index (κ2) is 13.3. The normalized spacial score (nSPS) is 16.6. The van der Waals surface area contributed by atoms with E-state index in [1.807, 2.05) is 0 Å². The van der Waals surface area contributed by atoms with Gasteiger partial charge in [0.25, 0.3) is 0 Å². The maximum Gasteiger partial charge on any atom is 0.0508 e. The lowest BCUT2D eigenvalue weighted by atomic mass is 9.68. The Hall–Kier alpha value is -6.44. The van der Waals surface area contributed by atoms with Gasteiger partial charge in [-0.2, -0.15) is 0 Å². The number of rotatable bonds is 5. The van der Waals surface area contributed by atoms with Gasteiger partial charge in [0.15, 0.2) is 0 Å². The van der Waals surface area contributed by atoms with Gasteiger partial charge in [0.1, 0.15) is 0 Å². The van der Waals surface area contributed by atoms with Crippen LogP contribution in [0.1, 0.15) is 93.2 Å². The van der Waals surface area contributed by atoms with Crippen molar-refractivity contribution < 1.29 is 0 Å². The minimum Gasteiger partial charge on any atom is -0.310 e. The Bertz CT molecular complexity index is 3060. The smallest absolute Gasteiger partial charge is 0.0508 e. The van der Waals surface area contributed by atoms with Crippen LogP contribution in [0.5, 0.6) is 0 Å². The quantitative estimate of drug-likeness (QED) is 0.168. The van der Waals surface area contributed by atoms with Crippen LogP contribution in [0.25, 0.3) is 55.6 Å². The van der Waals surface area contributed by atoms with Crippen LogP contribution in [-0.2, 0) is 16.2 Å². The summed E-state index contributed by atoms with van der Waals surface area (Å²) in [5.41, 5.74) is 25.4. The Kier molecular flexibility index (Phi) is 7.93. The highest BCUT2D eigenvalue weighted by Crippen LogP contribution is 2.59. The number of hydrogen-bond acceptors (Lipinski definition) is 1. The summed E-state index contributed by atoms with van der Waals surface area (Å²) in [4.78, 5) is 2.58. The molecular weight excluding hydrogens is 735 g/mol. The number of benzene rings is 8. The van der Waals surface area contributed by atoms with Gasteiger partial charge in [-0.05, 0) is 132 Å². The predicted octanol–water partition coefficient (Wildman–Crippen LogP) is 16.3. The molecule has 1 heteroatoms. The lowest BCUT2D eigenvalue weighted by Gasteiger charge is -2.37. The topological polar surface area (TPSA) is 3.24 Å². The molecule has 4 aliphatic carbocycles. The average Bonchev–Trinajstić information content (AvgIpc) is 3.81. The van der Waals surface area contributed by atoms with Gasteiger partial charge in [0.05, 0.1) is 5.69 Å². The third-order valence-corrected chi connectivity index (χ3v) is 15.2. The summed E-state index contributed by atoms with van der Waals surface area (Å²) in [6.45, 7) is 9.60. The first-order chi connectivity index (χ1) is 29.8. The van der Waals surface area contributed by atoms with Crippen molar-refractivity contribution in [1.82, 2.24) is 0 Å². The molecule has 4 aliphatic rings. The third kappa shape index (κ3) is 5.13. The first kappa shape index (κ1) is 36.4. The summed E-state index contributed by atoms with van der Waals surface area (Å²) >= 11 is 0. The third-order valence-electron chi connectivity index (χ3n) is 15.2. The van der Waals surface area contributed by atoms with Crippen LogP contribution >= 0.6 is 0 Å². The van der Waals surface area contributed by atoms with Crippen molar-refractivity contribution in [2.24, 2.45) is 0 Å². The zero-order valence-electron chi connectivity index (χ0n) is 35.7. The maximum atomic E-state index is 2.58. The van der Waals surface area contributed by atoms with Gasteiger partial charge in [-0.15, -0.1) is 0 Å². The van der Waals surface area contributed by atoms with Crippen LogP contribution in [0.4, 0.5) is 17.1 Å². The van der Waals surface area contributed by atoms with Crippen molar-refractivity contribution in [3.63, 3.8) is 0 Å². The molecule has 61 heavy (non-hydrogen) atoms. The van der Waals surface area contributed by atoms with Crippen molar-refractivity contribution in [1.29, 1.82) is 0 Å². The second-order valence-corrected chi connectivity index (χ2v) is 19.1. The lowest BCUT2D eigenvalue weighted by molar-refractivity contribution is 0.353. The molecule has 1 fully saturated rings. The van der Waals surface area contributed by atoms with Crippen molar-refractivity contribution in [3.05, 3.63) is 209 Å². The van der Waals surface area contributed by atoms with E-state index >= 15 is 0 Å². The Morgan fingerprint density at radius 3 is 1.46 bits per heavy atom.